The van der Waals surface area contributed by atoms with Crippen molar-refractivity contribution in [1.82, 2.24) is 4.98 Å². The van der Waals surface area contributed by atoms with E-state index in [1.807, 2.05) is 41.3 Å². The summed E-state index contributed by atoms with van der Waals surface area (Å²) in [4.78, 5) is 19.3. The van der Waals surface area contributed by atoms with Gasteiger partial charge in [-0.05, 0) is 37.0 Å². The third-order valence-corrected chi connectivity index (χ3v) is 5.23. The number of rotatable bonds is 5. The standard InChI is InChI=1S/C22H22N2O/c1-2-18-19(14-13-16-8-4-3-5-9-16)24(22(18)25)20-12-6-10-17-11-7-15-23-21(17)20/h3-12,15,18-19H,2,13-14H2,1H3. The zero-order valence-electron chi connectivity index (χ0n) is 14.4. The molecule has 3 heteroatoms. The second-order valence-corrected chi connectivity index (χ2v) is 6.67. The molecule has 126 valence electrons. The van der Waals surface area contributed by atoms with Crippen LogP contribution in [0.3, 0.4) is 0 Å². The van der Waals surface area contributed by atoms with E-state index in [9.17, 15) is 4.79 Å². The van der Waals surface area contributed by atoms with Crippen LogP contribution in [0, 0.1) is 5.92 Å². The normalized spacial score (nSPS) is 19.9. The van der Waals surface area contributed by atoms with Gasteiger partial charge in [0.25, 0.3) is 0 Å². The first-order chi connectivity index (χ1) is 12.3. The predicted octanol–water partition coefficient (Wildman–Crippen LogP) is 4.61. The van der Waals surface area contributed by atoms with Gasteiger partial charge in [0.05, 0.1) is 17.1 Å². The van der Waals surface area contributed by atoms with E-state index in [0.29, 0.717) is 0 Å². The molecule has 2 aromatic carbocycles. The number of aromatic nitrogens is 1. The number of carbonyl (C=O) groups excluding carboxylic acids is 1. The highest BCUT2D eigenvalue weighted by atomic mass is 16.2. The van der Waals surface area contributed by atoms with Crippen LogP contribution in [-0.2, 0) is 11.2 Å². The van der Waals surface area contributed by atoms with E-state index in [1.165, 1.54) is 5.56 Å². The Hall–Kier alpha value is -2.68. The smallest absolute Gasteiger partial charge is 0.232 e. The fourth-order valence-corrected chi connectivity index (χ4v) is 3.92. The van der Waals surface area contributed by atoms with Crippen molar-refractivity contribution >= 4 is 22.5 Å². The predicted molar refractivity (Wildman–Crippen MR) is 102 cm³/mol. The molecule has 4 rings (SSSR count). The highest BCUT2D eigenvalue weighted by Gasteiger charge is 2.46. The van der Waals surface area contributed by atoms with E-state index in [1.54, 1.807) is 6.20 Å². The Morgan fingerprint density at radius 3 is 2.60 bits per heavy atom. The first kappa shape index (κ1) is 15.8. The summed E-state index contributed by atoms with van der Waals surface area (Å²) in [6.07, 6.45) is 4.67. The van der Waals surface area contributed by atoms with E-state index in [2.05, 4.69) is 36.2 Å². The van der Waals surface area contributed by atoms with E-state index in [0.717, 1.165) is 35.9 Å². The third-order valence-electron chi connectivity index (χ3n) is 5.23. The van der Waals surface area contributed by atoms with Crippen LogP contribution >= 0.6 is 0 Å². The number of pyridine rings is 1. The van der Waals surface area contributed by atoms with Crippen molar-refractivity contribution in [1.29, 1.82) is 0 Å². The van der Waals surface area contributed by atoms with Crippen LogP contribution in [-0.4, -0.2) is 16.9 Å². The average Bonchev–Trinajstić information content (AvgIpc) is 2.66. The first-order valence-electron chi connectivity index (χ1n) is 9.00. The lowest BCUT2D eigenvalue weighted by Gasteiger charge is -2.47. The van der Waals surface area contributed by atoms with Gasteiger partial charge in [-0.2, -0.15) is 0 Å². The molecule has 0 bridgehead atoms. The van der Waals surface area contributed by atoms with Gasteiger partial charge in [-0.1, -0.05) is 55.5 Å². The molecule has 25 heavy (non-hydrogen) atoms. The molecular weight excluding hydrogens is 308 g/mol. The maximum absolute atomic E-state index is 12.8. The maximum atomic E-state index is 12.8. The van der Waals surface area contributed by atoms with E-state index < -0.39 is 0 Å². The molecule has 0 spiro atoms. The van der Waals surface area contributed by atoms with Gasteiger partial charge >= 0.3 is 0 Å². The van der Waals surface area contributed by atoms with Crippen molar-refractivity contribution in [2.75, 3.05) is 4.90 Å². The van der Waals surface area contributed by atoms with Crippen LogP contribution in [0.4, 0.5) is 5.69 Å². The van der Waals surface area contributed by atoms with Crippen molar-refractivity contribution in [2.24, 2.45) is 5.92 Å². The fourth-order valence-electron chi connectivity index (χ4n) is 3.92. The van der Waals surface area contributed by atoms with Crippen molar-refractivity contribution in [2.45, 2.75) is 32.2 Å². The number of anilines is 1. The molecule has 2 heterocycles. The van der Waals surface area contributed by atoms with Gasteiger partial charge in [-0.15, -0.1) is 0 Å². The minimum absolute atomic E-state index is 0.127. The molecule has 0 aliphatic carbocycles. The molecule has 3 aromatic rings. The van der Waals surface area contributed by atoms with Crippen LogP contribution in [0.15, 0.2) is 66.9 Å². The molecule has 0 radical (unpaired) electrons. The number of nitrogens with zero attached hydrogens (tertiary/aromatic N) is 2. The zero-order chi connectivity index (χ0) is 17.2. The van der Waals surface area contributed by atoms with Crippen molar-refractivity contribution in [3.8, 4) is 0 Å². The number of para-hydroxylation sites is 1. The quantitative estimate of drug-likeness (QED) is 0.640. The van der Waals surface area contributed by atoms with Crippen molar-refractivity contribution < 1.29 is 4.79 Å². The second kappa shape index (κ2) is 6.67. The summed E-state index contributed by atoms with van der Waals surface area (Å²) in [6.45, 7) is 2.11. The fraction of sp³-hybridized carbons (Fsp3) is 0.273. The van der Waals surface area contributed by atoms with Gasteiger partial charge in [-0.25, -0.2) is 0 Å². The monoisotopic (exact) mass is 330 g/mol. The summed E-state index contributed by atoms with van der Waals surface area (Å²) in [5.74, 6) is 0.362. The molecule has 3 nitrogen and oxygen atoms in total. The number of aryl methyl sites for hydroxylation is 1. The van der Waals surface area contributed by atoms with Gasteiger partial charge in [0.2, 0.25) is 5.91 Å². The van der Waals surface area contributed by atoms with Crippen LogP contribution in [0.25, 0.3) is 10.9 Å². The molecule has 0 saturated carbocycles. The number of β-lactam (4-membered cyclic amide) rings is 1. The molecule has 1 saturated heterocycles. The number of hydrogen-bond acceptors (Lipinski definition) is 2. The van der Waals surface area contributed by atoms with Crippen LogP contribution < -0.4 is 4.90 Å². The Labute approximate surface area is 148 Å². The summed E-state index contributed by atoms with van der Waals surface area (Å²) >= 11 is 0. The lowest BCUT2D eigenvalue weighted by molar-refractivity contribution is -0.130. The summed E-state index contributed by atoms with van der Waals surface area (Å²) in [5, 5.41) is 1.08. The highest BCUT2D eigenvalue weighted by molar-refractivity contribution is 6.08. The summed E-state index contributed by atoms with van der Waals surface area (Å²) < 4.78 is 0. The molecule has 0 N–H and O–H groups in total. The Kier molecular flexibility index (Phi) is 4.22. The number of hydrogen-bond donors (Lipinski definition) is 0. The Morgan fingerprint density at radius 2 is 1.80 bits per heavy atom. The number of amides is 1. The largest absolute Gasteiger partial charge is 0.306 e. The number of fused-ring (bicyclic) bond motifs is 1. The summed E-state index contributed by atoms with van der Waals surface area (Å²) in [5.41, 5.74) is 3.19. The maximum Gasteiger partial charge on any atom is 0.232 e. The van der Waals surface area contributed by atoms with Crippen LogP contribution in [0.2, 0.25) is 0 Å². The topological polar surface area (TPSA) is 33.2 Å². The van der Waals surface area contributed by atoms with Gasteiger partial charge in [0.1, 0.15) is 0 Å². The molecule has 1 amide bonds. The van der Waals surface area contributed by atoms with Crippen LogP contribution in [0.1, 0.15) is 25.3 Å². The van der Waals surface area contributed by atoms with Crippen molar-refractivity contribution in [3.05, 3.63) is 72.4 Å². The van der Waals surface area contributed by atoms with Crippen LogP contribution in [0.5, 0.6) is 0 Å². The van der Waals surface area contributed by atoms with Gasteiger partial charge in [0, 0.05) is 17.6 Å². The molecule has 1 fully saturated rings. The molecule has 1 aromatic heterocycles. The lowest BCUT2D eigenvalue weighted by atomic mass is 9.81. The van der Waals surface area contributed by atoms with Crippen molar-refractivity contribution in [3.63, 3.8) is 0 Å². The molecular formula is C22H22N2O. The lowest BCUT2D eigenvalue weighted by Crippen LogP contribution is -2.61. The van der Waals surface area contributed by atoms with Gasteiger partial charge in [0.15, 0.2) is 0 Å². The van der Waals surface area contributed by atoms with Gasteiger partial charge in [-0.3, -0.25) is 9.78 Å². The molecule has 1 aliphatic heterocycles. The zero-order valence-corrected chi connectivity index (χ0v) is 14.4. The molecule has 1 aliphatic rings. The Morgan fingerprint density at radius 1 is 1.00 bits per heavy atom. The molecule has 2 unspecified atom stereocenters. The summed E-state index contributed by atoms with van der Waals surface area (Å²) in [7, 11) is 0. The Balaban J connectivity index is 1.63. The average molecular weight is 330 g/mol. The minimum atomic E-state index is 0.127. The third kappa shape index (κ3) is 2.80. The summed E-state index contributed by atoms with van der Waals surface area (Å²) in [6, 6.07) is 20.8. The SMILES string of the molecule is CCC1C(=O)N(c2cccc3cccnc23)C1CCc1ccccc1. The van der Waals surface area contributed by atoms with E-state index >= 15 is 0 Å². The number of carbonyl (C=O) groups is 1. The number of benzene rings is 2. The van der Waals surface area contributed by atoms with E-state index in [4.69, 9.17) is 0 Å². The second-order valence-electron chi connectivity index (χ2n) is 6.67. The molecule has 2 atom stereocenters. The minimum Gasteiger partial charge on any atom is -0.306 e. The highest BCUT2D eigenvalue weighted by Crippen LogP contribution is 2.39. The van der Waals surface area contributed by atoms with Gasteiger partial charge < -0.3 is 4.90 Å². The first-order valence-corrected chi connectivity index (χ1v) is 9.00. The van der Waals surface area contributed by atoms with E-state index in [-0.39, 0.29) is 17.9 Å². The Bertz CT molecular complexity index is 885.